The Balaban J connectivity index is 2.09. The van der Waals surface area contributed by atoms with Crippen molar-refractivity contribution in [3.63, 3.8) is 0 Å². The lowest BCUT2D eigenvalue weighted by Crippen LogP contribution is -2.31. The number of rotatable bonds is 3. The zero-order valence-electron chi connectivity index (χ0n) is 11.5. The third-order valence-electron chi connectivity index (χ3n) is 3.82. The van der Waals surface area contributed by atoms with Gasteiger partial charge in [0, 0.05) is 19.5 Å². The second-order valence-corrected chi connectivity index (χ2v) is 5.14. The highest BCUT2D eigenvalue weighted by Gasteiger charge is 2.26. The van der Waals surface area contributed by atoms with Crippen LogP contribution in [0.25, 0.3) is 0 Å². The molecule has 1 aromatic carbocycles. The topological polar surface area (TPSA) is 49.8 Å². The molecular weight excluding hydrogens is 242 g/mol. The first kappa shape index (κ1) is 13.9. The summed E-state index contributed by atoms with van der Waals surface area (Å²) in [6, 6.07) is 5.93. The molecule has 1 fully saturated rings. The molecule has 0 radical (unpaired) electrons. The smallest absolute Gasteiger partial charge is 0.209 e. The molecular formula is C15H21NO3. The molecule has 1 aliphatic heterocycles. The Hall–Kier alpha value is -1.55. The minimum atomic E-state index is -0.523. The van der Waals surface area contributed by atoms with E-state index in [1.54, 1.807) is 4.90 Å². The fourth-order valence-electron chi connectivity index (χ4n) is 2.34. The summed E-state index contributed by atoms with van der Waals surface area (Å²) in [4.78, 5) is 12.5. The Kier molecular flexibility index (Phi) is 4.43. The summed E-state index contributed by atoms with van der Waals surface area (Å²) < 4.78 is 5.96. The fourth-order valence-corrected chi connectivity index (χ4v) is 2.34. The summed E-state index contributed by atoms with van der Waals surface area (Å²) in [5.74, 6) is 0.823. The fraction of sp³-hybridized carbons (Fsp3) is 0.533. The van der Waals surface area contributed by atoms with Crippen LogP contribution in [-0.4, -0.2) is 41.7 Å². The number of aryl methyl sites for hydroxylation is 1. The van der Waals surface area contributed by atoms with Gasteiger partial charge in [0.2, 0.25) is 6.41 Å². The van der Waals surface area contributed by atoms with Gasteiger partial charge in [0.25, 0.3) is 0 Å². The van der Waals surface area contributed by atoms with Crippen LogP contribution in [0.4, 0.5) is 0 Å². The molecule has 1 aromatic rings. The van der Waals surface area contributed by atoms with Gasteiger partial charge in [-0.1, -0.05) is 12.1 Å². The lowest BCUT2D eigenvalue weighted by molar-refractivity contribution is -0.118. The predicted octanol–water partition coefficient (Wildman–Crippen LogP) is 1.66. The average Bonchev–Trinajstić information content (AvgIpc) is 2.58. The number of amides is 1. The summed E-state index contributed by atoms with van der Waals surface area (Å²) in [5.41, 5.74) is 2.28. The van der Waals surface area contributed by atoms with Gasteiger partial charge in [-0.25, -0.2) is 0 Å². The SMILES string of the molecule is Cc1cccc(O[C@@H]2CCN(C=O)CC[C@H]2O)c1C. The van der Waals surface area contributed by atoms with Gasteiger partial charge < -0.3 is 14.7 Å². The molecule has 1 heterocycles. The van der Waals surface area contributed by atoms with Crippen molar-refractivity contribution >= 4 is 6.41 Å². The van der Waals surface area contributed by atoms with Crippen LogP contribution >= 0.6 is 0 Å². The maximum absolute atomic E-state index is 10.8. The largest absolute Gasteiger partial charge is 0.487 e. The number of hydrogen-bond donors (Lipinski definition) is 1. The first-order chi connectivity index (χ1) is 9.11. The lowest BCUT2D eigenvalue weighted by atomic mass is 10.1. The zero-order valence-corrected chi connectivity index (χ0v) is 11.5. The van der Waals surface area contributed by atoms with Crippen molar-refractivity contribution in [3.8, 4) is 5.75 Å². The highest BCUT2D eigenvalue weighted by atomic mass is 16.5. The molecule has 4 nitrogen and oxygen atoms in total. The van der Waals surface area contributed by atoms with Crippen molar-refractivity contribution in [1.29, 1.82) is 0 Å². The van der Waals surface area contributed by atoms with Crippen LogP contribution < -0.4 is 4.74 Å². The molecule has 0 aromatic heterocycles. The van der Waals surface area contributed by atoms with Crippen molar-refractivity contribution < 1.29 is 14.6 Å². The summed E-state index contributed by atoms with van der Waals surface area (Å²) in [7, 11) is 0. The van der Waals surface area contributed by atoms with E-state index < -0.39 is 6.10 Å². The van der Waals surface area contributed by atoms with E-state index in [2.05, 4.69) is 0 Å². The quantitative estimate of drug-likeness (QED) is 0.844. The van der Waals surface area contributed by atoms with Crippen molar-refractivity contribution in [2.24, 2.45) is 0 Å². The number of nitrogens with zero attached hydrogens (tertiary/aromatic N) is 1. The van der Waals surface area contributed by atoms with E-state index in [1.165, 1.54) is 5.56 Å². The normalized spacial score (nSPS) is 23.8. The van der Waals surface area contributed by atoms with Gasteiger partial charge in [0.15, 0.2) is 0 Å². The van der Waals surface area contributed by atoms with Gasteiger partial charge >= 0.3 is 0 Å². The van der Waals surface area contributed by atoms with E-state index in [1.807, 2.05) is 32.0 Å². The minimum absolute atomic E-state index is 0.245. The van der Waals surface area contributed by atoms with Gasteiger partial charge in [0.1, 0.15) is 11.9 Å². The molecule has 0 unspecified atom stereocenters. The number of carbonyl (C=O) groups excluding carboxylic acids is 1. The molecule has 1 amide bonds. The first-order valence-electron chi connectivity index (χ1n) is 6.72. The number of aliphatic hydroxyl groups is 1. The Morgan fingerprint density at radius 3 is 2.79 bits per heavy atom. The molecule has 0 bridgehead atoms. The van der Waals surface area contributed by atoms with Crippen LogP contribution in [0.5, 0.6) is 5.75 Å². The van der Waals surface area contributed by atoms with E-state index in [0.717, 1.165) is 17.7 Å². The van der Waals surface area contributed by atoms with Crippen LogP contribution in [0, 0.1) is 13.8 Å². The molecule has 1 aliphatic rings. The molecule has 0 aliphatic carbocycles. The minimum Gasteiger partial charge on any atom is -0.487 e. The van der Waals surface area contributed by atoms with E-state index in [4.69, 9.17) is 4.74 Å². The average molecular weight is 263 g/mol. The summed E-state index contributed by atoms with van der Waals surface area (Å²) in [6.45, 7) is 5.29. The zero-order chi connectivity index (χ0) is 13.8. The molecule has 104 valence electrons. The van der Waals surface area contributed by atoms with E-state index in [-0.39, 0.29) is 6.10 Å². The molecule has 2 atom stereocenters. The van der Waals surface area contributed by atoms with Crippen molar-refractivity contribution in [2.75, 3.05) is 13.1 Å². The van der Waals surface area contributed by atoms with Gasteiger partial charge in [-0.05, 0) is 37.5 Å². The number of aliphatic hydroxyl groups excluding tert-OH is 1. The van der Waals surface area contributed by atoms with Gasteiger partial charge in [0.05, 0.1) is 6.10 Å². The van der Waals surface area contributed by atoms with E-state index in [0.29, 0.717) is 25.9 Å². The monoisotopic (exact) mass is 263 g/mol. The van der Waals surface area contributed by atoms with Gasteiger partial charge in [-0.15, -0.1) is 0 Å². The Morgan fingerprint density at radius 2 is 2.05 bits per heavy atom. The third kappa shape index (κ3) is 3.26. The van der Waals surface area contributed by atoms with Crippen molar-refractivity contribution in [3.05, 3.63) is 29.3 Å². The second kappa shape index (κ2) is 6.06. The Bertz CT molecular complexity index is 447. The highest BCUT2D eigenvalue weighted by Crippen LogP contribution is 2.24. The highest BCUT2D eigenvalue weighted by molar-refractivity contribution is 5.47. The molecule has 19 heavy (non-hydrogen) atoms. The molecule has 2 rings (SSSR count). The van der Waals surface area contributed by atoms with E-state index >= 15 is 0 Å². The van der Waals surface area contributed by atoms with Crippen LogP contribution in [-0.2, 0) is 4.79 Å². The van der Waals surface area contributed by atoms with Crippen molar-refractivity contribution in [1.82, 2.24) is 4.90 Å². The lowest BCUT2D eigenvalue weighted by Gasteiger charge is -2.23. The summed E-state index contributed by atoms with van der Waals surface area (Å²) >= 11 is 0. The molecule has 4 heteroatoms. The number of likely N-dealkylation sites (tertiary alicyclic amines) is 1. The second-order valence-electron chi connectivity index (χ2n) is 5.14. The Morgan fingerprint density at radius 1 is 1.32 bits per heavy atom. The predicted molar refractivity (Wildman–Crippen MR) is 73.2 cm³/mol. The maximum Gasteiger partial charge on any atom is 0.209 e. The Labute approximate surface area is 114 Å². The number of ether oxygens (including phenoxy) is 1. The first-order valence-corrected chi connectivity index (χ1v) is 6.72. The van der Waals surface area contributed by atoms with Crippen molar-refractivity contribution in [2.45, 2.75) is 38.9 Å². The number of hydrogen-bond acceptors (Lipinski definition) is 3. The third-order valence-corrected chi connectivity index (χ3v) is 3.82. The van der Waals surface area contributed by atoms with Gasteiger partial charge in [-0.2, -0.15) is 0 Å². The molecule has 1 saturated heterocycles. The number of carbonyl (C=O) groups is 1. The van der Waals surface area contributed by atoms with Gasteiger partial charge in [-0.3, -0.25) is 4.79 Å². The van der Waals surface area contributed by atoms with Crippen LogP contribution in [0.2, 0.25) is 0 Å². The van der Waals surface area contributed by atoms with Crippen LogP contribution in [0.1, 0.15) is 24.0 Å². The summed E-state index contributed by atoms with van der Waals surface area (Å²) in [6.07, 6.45) is 1.30. The molecule has 0 spiro atoms. The summed E-state index contributed by atoms with van der Waals surface area (Å²) in [5, 5.41) is 10.1. The number of benzene rings is 1. The van der Waals surface area contributed by atoms with E-state index in [9.17, 15) is 9.90 Å². The van der Waals surface area contributed by atoms with Crippen LogP contribution in [0.3, 0.4) is 0 Å². The molecule has 0 saturated carbocycles. The standard InChI is InChI=1S/C15H21NO3/c1-11-4-3-5-14(12(11)2)19-15-7-9-16(10-17)8-6-13(15)18/h3-5,10,13,15,18H,6-9H2,1-2H3/t13-,15-/m1/s1. The van der Waals surface area contributed by atoms with Crippen LogP contribution in [0.15, 0.2) is 18.2 Å². The maximum atomic E-state index is 10.8. The molecule has 1 N–H and O–H groups in total.